The van der Waals surface area contributed by atoms with Crippen molar-refractivity contribution in [3.63, 3.8) is 0 Å². The predicted molar refractivity (Wildman–Crippen MR) is 94.6 cm³/mol. The summed E-state index contributed by atoms with van der Waals surface area (Å²) in [6.07, 6.45) is 2.94. The van der Waals surface area contributed by atoms with Crippen LogP contribution in [0.4, 0.5) is 15.9 Å². The number of nitrogens with one attached hydrogen (secondary N) is 1. The average molecular weight is 372 g/mol. The highest BCUT2D eigenvalue weighted by Gasteiger charge is 2.16. The van der Waals surface area contributed by atoms with Crippen LogP contribution in [0.5, 0.6) is 0 Å². The Morgan fingerprint density at radius 3 is 2.89 bits per heavy atom. The molecule has 0 aliphatic carbocycles. The molecule has 1 N–H and O–H groups in total. The van der Waals surface area contributed by atoms with Gasteiger partial charge in [0.2, 0.25) is 5.91 Å². The number of carbonyl (C=O) groups excluding carboxylic acids is 1. The van der Waals surface area contributed by atoms with Gasteiger partial charge in [0.15, 0.2) is 5.82 Å². The third-order valence-corrected chi connectivity index (χ3v) is 3.97. The number of benzene rings is 1. The van der Waals surface area contributed by atoms with Crippen molar-refractivity contribution in [3.05, 3.63) is 69.9 Å². The minimum absolute atomic E-state index is 0.0773. The second-order valence-electron chi connectivity index (χ2n) is 5.92. The maximum absolute atomic E-state index is 13.2. The van der Waals surface area contributed by atoms with Crippen LogP contribution in [0, 0.1) is 22.9 Å². The molecule has 0 saturated carbocycles. The van der Waals surface area contributed by atoms with Crippen LogP contribution < -0.4 is 5.32 Å². The fourth-order valence-corrected chi connectivity index (χ4v) is 2.59. The molecule has 9 nitrogen and oxygen atoms in total. The molecule has 1 aromatic carbocycles. The van der Waals surface area contributed by atoms with Crippen molar-refractivity contribution in [1.82, 2.24) is 19.6 Å². The van der Waals surface area contributed by atoms with Crippen LogP contribution in [0.25, 0.3) is 0 Å². The first-order chi connectivity index (χ1) is 12.9. The fraction of sp³-hybridized carbons (Fsp3) is 0.235. The van der Waals surface area contributed by atoms with E-state index < -0.39 is 4.92 Å². The van der Waals surface area contributed by atoms with E-state index in [1.165, 1.54) is 23.0 Å². The number of amides is 1. The second-order valence-corrected chi connectivity index (χ2v) is 5.92. The molecule has 1 amide bonds. The molecule has 0 aliphatic heterocycles. The number of hydrogen-bond donors (Lipinski definition) is 1. The summed E-state index contributed by atoms with van der Waals surface area (Å²) >= 11 is 0. The standard InChI is InChI=1S/C17H17FN6O3/c1-12-15(24(26)27)10-19-23(12)8-6-17(25)20-16-5-7-22(21-16)11-13-3-2-4-14(18)9-13/h2-5,7,9-10H,6,8,11H2,1H3,(H,20,21,25). The summed E-state index contributed by atoms with van der Waals surface area (Å²) in [5, 5.41) is 21.6. The Morgan fingerprint density at radius 1 is 1.37 bits per heavy atom. The van der Waals surface area contributed by atoms with Gasteiger partial charge in [0.25, 0.3) is 0 Å². The van der Waals surface area contributed by atoms with E-state index in [0.717, 1.165) is 5.56 Å². The maximum Gasteiger partial charge on any atom is 0.309 e. The van der Waals surface area contributed by atoms with Crippen LogP contribution in [0.2, 0.25) is 0 Å². The van der Waals surface area contributed by atoms with E-state index in [2.05, 4.69) is 15.5 Å². The van der Waals surface area contributed by atoms with E-state index in [1.807, 2.05) is 0 Å². The van der Waals surface area contributed by atoms with Crippen LogP contribution >= 0.6 is 0 Å². The van der Waals surface area contributed by atoms with Crippen molar-refractivity contribution in [2.45, 2.75) is 26.4 Å². The first-order valence-corrected chi connectivity index (χ1v) is 8.17. The molecule has 2 aromatic heterocycles. The Balaban J connectivity index is 1.54. The van der Waals surface area contributed by atoms with Gasteiger partial charge in [0.05, 0.1) is 18.0 Å². The minimum atomic E-state index is -0.510. The first kappa shape index (κ1) is 18.2. The molecular formula is C17H17FN6O3. The number of anilines is 1. The summed E-state index contributed by atoms with van der Waals surface area (Å²) in [6.45, 7) is 2.18. The lowest BCUT2D eigenvalue weighted by Crippen LogP contribution is -2.16. The zero-order chi connectivity index (χ0) is 19.4. The molecule has 0 fully saturated rings. The SMILES string of the molecule is Cc1c([N+](=O)[O-])cnn1CCC(=O)Nc1ccn(Cc2cccc(F)c2)n1. The summed E-state index contributed by atoms with van der Waals surface area (Å²) in [5.41, 5.74) is 1.07. The van der Waals surface area contributed by atoms with Crippen molar-refractivity contribution >= 4 is 17.4 Å². The highest BCUT2D eigenvalue weighted by molar-refractivity contribution is 5.89. The molecule has 10 heteroatoms. The molecule has 140 valence electrons. The zero-order valence-electron chi connectivity index (χ0n) is 14.5. The van der Waals surface area contributed by atoms with Gasteiger partial charge in [-0.25, -0.2) is 4.39 Å². The fourth-order valence-electron chi connectivity index (χ4n) is 2.59. The minimum Gasteiger partial charge on any atom is -0.309 e. The normalized spacial score (nSPS) is 10.7. The van der Waals surface area contributed by atoms with Crippen LogP contribution in [0.3, 0.4) is 0 Å². The van der Waals surface area contributed by atoms with Crippen molar-refractivity contribution in [1.29, 1.82) is 0 Å². The van der Waals surface area contributed by atoms with Gasteiger partial charge in [-0.05, 0) is 24.6 Å². The lowest BCUT2D eigenvalue weighted by Gasteiger charge is -2.05. The van der Waals surface area contributed by atoms with Gasteiger partial charge >= 0.3 is 5.69 Å². The lowest BCUT2D eigenvalue weighted by molar-refractivity contribution is -0.385. The topological polar surface area (TPSA) is 108 Å². The predicted octanol–water partition coefficient (Wildman–Crippen LogP) is 2.51. The molecule has 0 atom stereocenters. The number of rotatable bonds is 7. The maximum atomic E-state index is 13.2. The molecule has 27 heavy (non-hydrogen) atoms. The Labute approximate surface area is 153 Å². The van der Waals surface area contributed by atoms with E-state index in [4.69, 9.17) is 0 Å². The highest BCUT2D eigenvalue weighted by atomic mass is 19.1. The Hall–Kier alpha value is -3.56. The van der Waals surface area contributed by atoms with Crippen molar-refractivity contribution in [2.75, 3.05) is 5.32 Å². The molecular weight excluding hydrogens is 355 g/mol. The summed E-state index contributed by atoms with van der Waals surface area (Å²) in [6, 6.07) is 7.84. The van der Waals surface area contributed by atoms with Crippen LogP contribution in [-0.2, 0) is 17.9 Å². The number of carbonyl (C=O) groups is 1. The number of aryl methyl sites for hydroxylation is 1. The Morgan fingerprint density at radius 2 is 2.19 bits per heavy atom. The largest absolute Gasteiger partial charge is 0.309 e. The first-order valence-electron chi connectivity index (χ1n) is 8.17. The number of halogens is 1. The Bertz CT molecular complexity index is 981. The van der Waals surface area contributed by atoms with Crippen molar-refractivity contribution in [2.24, 2.45) is 0 Å². The van der Waals surface area contributed by atoms with Crippen LogP contribution in [-0.4, -0.2) is 30.4 Å². The van der Waals surface area contributed by atoms with Crippen LogP contribution in [0.15, 0.2) is 42.7 Å². The van der Waals surface area contributed by atoms with Gasteiger partial charge in [-0.15, -0.1) is 0 Å². The Kier molecular flexibility index (Phi) is 5.25. The molecule has 3 rings (SSSR count). The third kappa shape index (κ3) is 4.54. The third-order valence-electron chi connectivity index (χ3n) is 3.97. The second kappa shape index (κ2) is 7.77. The summed E-state index contributed by atoms with van der Waals surface area (Å²) in [5.74, 6) is -0.231. The molecule has 0 unspecified atom stereocenters. The summed E-state index contributed by atoms with van der Waals surface area (Å²) in [4.78, 5) is 22.4. The van der Waals surface area contributed by atoms with E-state index in [9.17, 15) is 19.3 Å². The number of hydrogen-bond acceptors (Lipinski definition) is 5. The van der Waals surface area contributed by atoms with E-state index >= 15 is 0 Å². The van der Waals surface area contributed by atoms with Crippen LogP contribution in [0.1, 0.15) is 17.7 Å². The summed E-state index contributed by atoms with van der Waals surface area (Å²) < 4.78 is 16.2. The number of nitrogens with zero attached hydrogens (tertiary/aromatic N) is 5. The van der Waals surface area contributed by atoms with Gasteiger partial charge in [0, 0.05) is 18.7 Å². The average Bonchev–Trinajstić information content (AvgIpc) is 3.19. The van der Waals surface area contributed by atoms with Gasteiger partial charge < -0.3 is 5.32 Å². The number of nitro groups is 1. The van der Waals surface area contributed by atoms with Gasteiger partial charge in [-0.2, -0.15) is 10.2 Å². The molecule has 3 aromatic rings. The molecule has 2 heterocycles. The highest BCUT2D eigenvalue weighted by Crippen LogP contribution is 2.16. The van der Waals surface area contributed by atoms with Gasteiger partial charge in [-0.3, -0.25) is 24.3 Å². The lowest BCUT2D eigenvalue weighted by atomic mass is 10.2. The molecule has 0 aliphatic rings. The molecule has 0 spiro atoms. The van der Waals surface area contributed by atoms with Gasteiger partial charge in [0.1, 0.15) is 17.7 Å². The van der Waals surface area contributed by atoms with Crippen molar-refractivity contribution < 1.29 is 14.1 Å². The zero-order valence-corrected chi connectivity index (χ0v) is 14.5. The molecule has 0 saturated heterocycles. The smallest absolute Gasteiger partial charge is 0.309 e. The molecule has 0 radical (unpaired) electrons. The monoisotopic (exact) mass is 372 g/mol. The number of aromatic nitrogens is 4. The van der Waals surface area contributed by atoms with E-state index in [0.29, 0.717) is 18.1 Å². The van der Waals surface area contributed by atoms with Gasteiger partial charge in [-0.1, -0.05) is 12.1 Å². The van der Waals surface area contributed by atoms with Crippen molar-refractivity contribution in [3.8, 4) is 0 Å². The van der Waals surface area contributed by atoms with E-state index in [-0.39, 0.29) is 30.4 Å². The van der Waals surface area contributed by atoms with E-state index in [1.54, 1.807) is 36.0 Å². The molecule has 0 bridgehead atoms. The summed E-state index contributed by atoms with van der Waals surface area (Å²) in [7, 11) is 0. The quantitative estimate of drug-likeness (QED) is 0.506.